The number of ether oxygens (including phenoxy) is 1. The van der Waals surface area contributed by atoms with Crippen molar-refractivity contribution in [3.8, 4) is 5.75 Å². The fraction of sp³-hybridized carbons (Fsp3) is 0.571. The van der Waals surface area contributed by atoms with Gasteiger partial charge in [-0.3, -0.25) is 0 Å². The first-order chi connectivity index (χ1) is 9.03. The summed E-state index contributed by atoms with van der Waals surface area (Å²) >= 11 is 6.86. The van der Waals surface area contributed by atoms with Crippen molar-refractivity contribution in [3.05, 3.63) is 28.2 Å². The molecule has 0 saturated heterocycles. The lowest BCUT2D eigenvalue weighted by atomic mass is 9.64. The van der Waals surface area contributed by atoms with E-state index in [0.29, 0.717) is 9.30 Å². The van der Waals surface area contributed by atoms with Gasteiger partial charge in [-0.15, -0.1) is 0 Å². The maximum absolute atomic E-state index is 13.7. The van der Waals surface area contributed by atoms with Crippen LogP contribution >= 0.6 is 31.9 Å². The average Bonchev–Trinajstić information content (AvgIpc) is 2.87. The SMILES string of the molecule is Fc1cc(Br)cc(OC2CC(Br)C23CCCC3)c1F. The van der Waals surface area contributed by atoms with Crippen LogP contribution in [0.15, 0.2) is 16.6 Å². The summed E-state index contributed by atoms with van der Waals surface area (Å²) in [6, 6.07) is 2.62. The van der Waals surface area contributed by atoms with E-state index in [4.69, 9.17) is 4.74 Å². The molecule has 0 aromatic heterocycles. The quantitative estimate of drug-likeness (QED) is 0.493. The highest BCUT2D eigenvalue weighted by Gasteiger charge is 2.56. The highest BCUT2D eigenvalue weighted by Crippen LogP contribution is 2.57. The number of hydrogen-bond donors (Lipinski definition) is 0. The van der Waals surface area contributed by atoms with Crippen molar-refractivity contribution in [1.82, 2.24) is 0 Å². The first-order valence-corrected chi connectivity index (χ1v) is 8.19. The smallest absolute Gasteiger partial charge is 0.200 e. The van der Waals surface area contributed by atoms with Crippen molar-refractivity contribution in [3.63, 3.8) is 0 Å². The molecule has 2 unspecified atom stereocenters. The Morgan fingerprint density at radius 3 is 2.53 bits per heavy atom. The molecule has 2 aliphatic carbocycles. The van der Waals surface area contributed by atoms with Gasteiger partial charge in [-0.2, -0.15) is 4.39 Å². The summed E-state index contributed by atoms with van der Waals surface area (Å²) in [5.41, 5.74) is 0.116. The normalized spacial score (nSPS) is 28.4. The van der Waals surface area contributed by atoms with Gasteiger partial charge in [0.1, 0.15) is 6.10 Å². The van der Waals surface area contributed by atoms with Crippen LogP contribution in [0.4, 0.5) is 8.78 Å². The topological polar surface area (TPSA) is 9.23 Å². The van der Waals surface area contributed by atoms with Gasteiger partial charge in [-0.25, -0.2) is 4.39 Å². The predicted octanol–water partition coefficient (Wildman–Crippen LogP) is 5.20. The van der Waals surface area contributed by atoms with Crippen LogP contribution in [0.5, 0.6) is 5.75 Å². The average molecular weight is 396 g/mol. The Bertz CT molecular complexity index is 500. The standard InChI is InChI=1S/C14H14Br2F2O/c15-8-5-9(17)13(18)10(6-8)19-12-7-11(16)14(12)3-1-2-4-14/h5-6,11-12H,1-4,7H2. The van der Waals surface area contributed by atoms with E-state index in [-0.39, 0.29) is 17.3 Å². The van der Waals surface area contributed by atoms with E-state index in [2.05, 4.69) is 31.9 Å². The van der Waals surface area contributed by atoms with Crippen LogP contribution < -0.4 is 4.74 Å². The number of halogens is 4. The third kappa shape index (κ3) is 2.23. The van der Waals surface area contributed by atoms with Crippen molar-refractivity contribution in [2.24, 2.45) is 5.41 Å². The summed E-state index contributed by atoms with van der Waals surface area (Å²) in [7, 11) is 0. The Labute approximate surface area is 128 Å². The minimum absolute atomic E-state index is 0.0115. The Morgan fingerprint density at radius 2 is 1.89 bits per heavy atom. The molecular weight excluding hydrogens is 382 g/mol. The van der Waals surface area contributed by atoms with E-state index in [1.807, 2.05) is 0 Å². The molecule has 1 aromatic carbocycles. The molecule has 0 bridgehead atoms. The lowest BCUT2D eigenvalue weighted by Crippen LogP contribution is -2.55. The molecule has 1 aromatic rings. The van der Waals surface area contributed by atoms with Crippen LogP contribution in [-0.2, 0) is 0 Å². The molecule has 0 amide bonds. The van der Waals surface area contributed by atoms with Crippen LogP contribution in [0.25, 0.3) is 0 Å². The van der Waals surface area contributed by atoms with Crippen molar-refractivity contribution in [2.45, 2.75) is 43.0 Å². The molecule has 0 heterocycles. The Hall–Kier alpha value is -0.160. The predicted molar refractivity (Wildman–Crippen MR) is 76.7 cm³/mol. The summed E-state index contributed by atoms with van der Waals surface area (Å²) in [6.07, 6.45) is 5.43. The summed E-state index contributed by atoms with van der Waals surface area (Å²) in [5.74, 6) is -1.75. The van der Waals surface area contributed by atoms with E-state index in [0.717, 1.165) is 25.3 Å². The second kappa shape index (κ2) is 4.99. The second-order valence-corrected chi connectivity index (χ2v) is 7.47. The largest absolute Gasteiger partial charge is 0.487 e. The molecule has 2 fully saturated rings. The summed E-state index contributed by atoms with van der Waals surface area (Å²) in [5, 5.41) is 0. The monoisotopic (exact) mass is 394 g/mol. The molecule has 1 spiro atoms. The lowest BCUT2D eigenvalue weighted by Gasteiger charge is -2.51. The van der Waals surface area contributed by atoms with Gasteiger partial charge in [0.2, 0.25) is 5.82 Å². The Kier molecular flexibility index (Phi) is 3.63. The molecule has 2 atom stereocenters. The maximum atomic E-state index is 13.7. The number of alkyl halides is 1. The maximum Gasteiger partial charge on any atom is 0.200 e. The van der Waals surface area contributed by atoms with E-state index in [1.54, 1.807) is 0 Å². The highest BCUT2D eigenvalue weighted by atomic mass is 79.9. The molecular formula is C14H14Br2F2O. The first-order valence-electron chi connectivity index (χ1n) is 6.48. The van der Waals surface area contributed by atoms with E-state index < -0.39 is 11.6 Å². The van der Waals surface area contributed by atoms with Crippen LogP contribution in [0, 0.1) is 17.0 Å². The fourth-order valence-electron chi connectivity index (χ4n) is 3.30. The zero-order chi connectivity index (χ0) is 13.6. The zero-order valence-electron chi connectivity index (χ0n) is 10.3. The van der Waals surface area contributed by atoms with Crippen LogP contribution in [0.2, 0.25) is 0 Å². The van der Waals surface area contributed by atoms with Gasteiger partial charge in [0.25, 0.3) is 0 Å². The molecule has 0 aliphatic heterocycles. The molecule has 5 heteroatoms. The highest BCUT2D eigenvalue weighted by molar-refractivity contribution is 9.10. The van der Waals surface area contributed by atoms with Gasteiger partial charge in [0, 0.05) is 14.7 Å². The van der Waals surface area contributed by atoms with Crippen LogP contribution in [0.3, 0.4) is 0 Å². The third-order valence-electron chi connectivity index (χ3n) is 4.45. The lowest BCUT2D eigenvalue weighted by molar-refractivity contribution is -0.0327. The summed E-state index contributed by atoms with van der Waals surface area (Å²) in [4.78, 5) is 0.438. The molecule has 2 saturated carbocycles. The number of benzene rings is 1. The summed E-state index contributed by atoms with van der Waals surface area (Å²) in [6.45, 7) is 0. The Balaban J connectivity index is 1.83. The molecule has 0 radical (unpaired) electrons. The molecule has 19 heavy (non-hydrogen) atoms. The fourth-order valence-corrected chi connectivity index (χ4v) is 4.80. The first kappa shape index (κ1) is 13.8. The van der Waals surface area contributed by atoms with E-state index >= 15 is 0 Å². The number of rotatable bonds is 2. The summed E-state index contributed by atoms with van der Waals surface area (Å²) < 4.78 is 33.4. The van der Waals surface area contributed by atoms with Crippen molar-refractivity contribution >= 4 is 31.9 Å². The minimum atomic E-state index is -0.894. The van der Waals surface area contributed by atoms with Crippen molar-refractivity contribution in [2.75, 3.05) is 0 Å². The van der Waals surface area contributed by atoms with Gasteiger partial charge >= 0.3 is 0 Å². The zero-order valence-corrected chi connectivity index (χ0v) is 13.4. The molecule has 0 N–H and O–H groups in total. The Morgan fingerprint density at radius 1 is 1.21 bits per heavy atom. The second-order valence-electron chi connectivity index (χ2n) is 5.45. The van der Waals surface area contributed by atoms with E-state index in [1.165, 1.54) is 18.9 Å². The third-order valence-corrected chi connectivity index (χ3v) is 6.19. The van der Waals surface area contributed by atoms with Gasteiger partial charge in [0.15, 0.2) is 11.6 Å². The molecule has 104 valence electrons. The van der Waals surface area contributed by atoms with Gasteiger partial charge in [-0.05, 0) is 31.4 Å². The van der Waals surface area contributed by atoms with Crippen molar-refractivity contribution in [1.29, 1.82) is 0 Å². The van der Waals surface area contributed by atoms with Gasteiger partial charge < -0.3 is 4.74 Å². The van der Waals surface area contributed by atoms with Crippen molar-refractivity contribution < 1.29 is 13.5 Å². The molecule has 2 aliphatic rings. The number of hydrogen-bond acceptors (Lipinski definition) is 1. The molecule has 3 rings (SSSR count). The van der Waals surface area contributed by atoms with Gasteiger partial charge in [-0.1, -0.05) is 44.7 Å². The van der Waals surface area contributed by atoms with Crippen LogP contribution in [-0.4, -0.2) is 10.9 Å². The molecule has 1 nitrogen and oxygen atoms in total. The van der Waals surface area contributed by atoms with Crippen LogP contribution in [0.1, 0.15) is 32.1 Å². The van der Waals surface area contributed by atoms with E-state index in [9.17, 15) is 8.78 Å². The minimum Gasteiger partial charge on any atom is -0.487 e. The van der Waals surface area contributed by atoms with Gasteiger partial charge in [0.05, 0.1) is 0 Å².